The van der Waals surface area contributed by atoms with Crippen molar-refractivity contribution >= 4 is 0 Å². The van der Waals surface area contributed by atoms with Gasteiger partial charge in [-0.1, -0.05) is 205 Å². The highest BCUT2D eigenvalue weighted by atomic mass is 16.5. The van der Waals surface area contributed by atoms with Crippen LogP contribution in [0.2, 0.25) is 0 Å². The van der Waals surface area contributed by atoms with Crippen LogP contribution in [0, 0.1) is 20.8 Å². The summed E-state index contributed by atoms with van der Waals surface area (Å²) in [6.45, 7) is 6.36. The highest BCUT2D eigenvalue weighted by Crippen LogP contribution is 2.58. The third kappa shape index (κ3) is 6.59. The molecule has 0 unspecified atom stereocenters. The maximum absolute atomic E-state index is 6.91. The van der Waals surface area contributed by atoms with Gasteiger partial charge in [-0.05, 0) is 71.8 Å². The van der Waals surface area contributed by atoms with Crippen molar-refractivity contribution in [3.05, 3.63) is 234 Å². The molecule has 2 aliphatic rings. The predicted molar refractivity (Wildman–Crippen MR) is 222 cm³/mol. The van der Waals surface area contributed by atoms with Crippen molar-refractivity contribution in [3.63, 3.8) is 0 Å². The van der Waals surface area contributed by atoms with Crippen LogP contribution >= 0.6 is 0 Å². The fourth-order valence-electron chi connectivity index (χ4n) is 7.62. The van der Waals surface area contributed by atoms with E-state index in [1.165, 1.54) is 77.9 Å². The summed E-state index contributed by atoms with van der Waals surface area (Å²) in [5.74, 6) is 0.950. The molecule has 0 bridgehead atoms. The van der Waals surface area contributed by atoms with Gasteiger partial charge >= 0.3 is 0 Å². The molecule has 0 N–H and O–H groups in total. The number of ether oxygens (including phenoxy) is 1. The zero-order valence-corrected chi connectivity index (χ0v) is 30.5. The number of hydrogen-bond donors (Lipinski definition) is 0. The molecule has 8 aromatic rings. The summed E-state index contributed by atoms with van der Waals surface area (Å²) in [6.07, 6.45) is 0. The van der Waals surface area contributed by atoms with E-state index in [-0.39, 0.29) is 0 Å². The van der Waals surface area contributed by atoms with Gasteiger partial charge in [0.25, 0.3) is 0 Å². The molecule has 1 spiro atoms. The quantitative estimate of drug-likeness (QED) is 0.176. The van der Waals surface area contributed by atoms with Crippen molar-refractivity contribution in [2.24, 2.45) is 0 Å². The Labute approximate surface area is 313 Å². The molecule has 0 aromatic heterocycles. The van der Waals surface area contributed by atoms with Crippen LogP contribution in [0.3, 0.4) is 0 Å². The Morgan fingerprint density at radius 3 is 1.26 bits per heavy atom. The summed E-state index contributed by atoms with van der Waals surface area (Å²) >= 11 is 0. The fourth-order valence-corrected chi connectivity index (χ4v) is 7.62. The van der Waals surface area contributed by atoms with Gasteiger partial charge < -0.3 is 4.74 Å². The maximum atomic E-state index is 6.91. The van der Waals surface area contributed by atoms with Crippen LogP contribution in [-0.2, 0) is 5.60 Å². The van der Waals surface area contributed by atoms with Crippen LogP contribution in [0.1, 0.15) is 33.4 Å². The van der Waals surface area contributed by atoms with Crippen molar-refractivity contribution in [1.82, 2.24) is 0 Å². The monoisotopic (exact) mass is 682 g/mol. The summed E-state index contributed by atoms with van der Waals surface area (Å²) in [6, 6.07) is 70.5. The lowest BCUT2D eigenvalue weighted by molar-refractivity contribution is 0.157. The van der Waals surface area contributed by atoms with Crippen molar-refractivity contribution < 1.29 is 4.74 Å². The molecule has 1 nitrogen and oxygen atoms in total. The first-order valence-electron chi connectivity index (χ1n) is 18.3. The topological polar surface area (TPSA) is 9.23 Å². The van der Waals surface area contributed by atoms with Gasteiger partial charge in [-0.2, -0.15) is 0 Å². The Hall–Kier alpha value is -6.44. The molecule has 1 heteroatoms. The number of hydrogen-bond acceptors (Lipinski definition) is 1. The number of aryl methyl sites for hydroxylation is 3. The van der Waals surface area contributed by atoms with E-state index < -0.39 is 5.60 Å². The molecule has 0 radical (unpaired) electrons. The molecule has 0 atom stereocenters. The molecule has 0 saturated carbocycles. The van der Waals surface area contributed by atoms with E-state index in [9.17, 15) is 0 Å². The second kappa shape index (κ2) is 14.7. The first-order chi connectivity index (χ1) is 26.0. The second-order valence-electron chi connectivity index (χ2n) is 13.9. The zero-order chi connectivity index (χ0) is 36.2. The summed E-state index contributed by atoms with van der Waals surface area (Å²) < 4.78 is 6.91. The largest absolute Gasteiger partial charge is 0.472 e. The van der Waals surface area contributed by atoms with Crippen molar-refractivity contribution in [1.29, 1.82) is 0 Å². The van der Waals surface area contributed by atoms with Crippen molar-refractivity contribution in [2.75, 3.05) is 0 Å². The average Bonchev–Trinajstić information content (AvgIpc) is 3.49. The first kappa shape index (κ1) is 33.7. The van der Waals surface area contributed by atoms with Gasteiger partial charge in [0.15, 0.2) is 5.60 Å². The summed E-state index contributed by atoms with van der Waals surface area (Å²) in [5, 5.41) is 0. The Kier molecular flexibility index (Phi) is 9.32. The van der Waals surface area contributed by atoms with Crippen molar-refractivity contribution in [2.45, 2.75) is 26.4 Å². The van der Waals surface area contributed by atoms with Crippen LogP contribution < -0.4 is 4.74 Å². The molecule has 1 heterocycles. The van der Waals surface area contributed by atoms with E-state index in [1.54, 1.807) is 0 Å². The van der Waals surface area contributed by atoms with Gasteiger partial charge in [-0.3, -0.25) is 0 Å². The van der Waals surface area contributed by atoms with E-state index in [0.717, 1.165) is 5.75 Å². The van der Waals surface area contributed by atoms with E-state index in [4.69, 9.17) is 4.74 Å². The molecular weight excluding hydrogens is 641 g/mol. The predicted octanol–water partition coefficient (Wildman–Crippen LogP) is 13.7. The standard InChI is InChI=1S/C26H18O.2C13H12/c1-17-14-15-25-21(16-17)20-10-4-7-13-24(20)26(27-25)22-11-5-2-8-18(22)19-9-3-6-12-23(19)26;1-11-6-5-9-13(10-11)12-7-3-2-4-8-12;1-11-7-9-13(10-8-11)12-5-3-2-4-6-12/h2-16H,1H3;2*2-10H,1H3. The number of rotatable bonds is 2. The highest BCUT2D eigenvalue weighted by molar-refractivity contribution is 5.88. The summed E-state index contributed by atoms with van der Waals surface area (Å²) in [7, 11) is 0. The van der Waals surface area contributed by atoms with Crippen molar-refractivity contribution in [3.8, 4) is 50.3 Å². The fraction of sp³-hybridized carbons (Fsp3) is 0.0769. The molecular formula is C52H42O. The van der Waals surface area contributed by atoms with Crippen LogP contribution in [0.4, 0.5) is 0 Å². The molecule has 0 fully saturated rings. The maximum Gasteiger partial charge on any atom is 0.186 e. The molecule has 53 heavy (non-hydrogen) atoms. The normalized spacial score (nSPS) is 12.4. The van der Waals surface area contributed by atoms with E-state index in [0.29, 0.717) is 0 Å². The molecule has 1 aliphatic heterocycles. The number of fused-ring (bicyclic) bond motifs is 9. The zero-order valence-electron chi connectivity index (χ0n) is 30.5. The highest BCUT2D eigenvalue weighted by Gasteiger charge is 2.50. The molecule has 0 amide bonds. The third-order valence-electron chi connectivity index (χ3n) is 10.2. The van der Waals surface area contributed by atoms with Crippen LogP contribution in [0.25, 0.3) is 44.5 Å². The van der Waals surface area contributed by atoms with Gasteiger partial charge in [0.05, 0.1) is 0 Å². The first-order valence-corrected chi connectivity index (χ1v) is 18.3. The minimum absolute atomic E-state index is 0.591. The summed E-state index contributed by atoms with van der Waals surface area (Å²) in [4.78, 5) is 0. The minimum atomic E-state index is -0.591. The lowest BCUT2D eigenvalue weighted by Crippen LogP contribution is -2.36. The van der Waals surface area contributed by atoms with Crippen LogP contribution in [-0.4, -0.2) is 0 Å². The van der Waals surface area contributed by atoms with E-state index in [2.05, 4.69) is 209 Å². The summed E-state index contributed by atoms with van der Waals surface area (Å²) in [5.41, 5.74) is 17.0. The Morgan fingerprint density at radius 2 is 0.717 bits per heavy atom. The van der Waals surface area contributed by atoms with E-state index >= 15 is 0 Å². The lowest BCUT2D eigenvalue weighted by Gasteiger charge is -2.39. The molecule has 0 saturated heterocycles. The molecule has 8 aromatic carbocycles. The lowest BCUT2D eigenvalue weighted by atomic mass is 9.77. The number of benzene rings is 8. The van der Waals surface area contributed by atoms with E-state index in [1.807, 2.05) is 12.1 Å². The van der Waals surface area contributed by atoms with Gasteiger partial charge in [0.2, 0.25) is 0 Å². The molecule has 1 aliphatic carbocycles. The Bertz CT molecular complexity index is 2450. The second-order valence-corrected chi connectivity index (χ2v) is 13.9. The molecule has 10 rings (SSSR count). The van der Waals surface area contributed by atoms with Gasteiger partial charge in [-0.15, -0.1) is 0 Å². The minimum Gasteiger partial charge on any atom is -0.472 e. The van der Waals surface area contributed by atoms with Crippen LogP contribution in [0.5, 0.6) is 5.75 Å². The van der Waals surface area contributed by atoms with Gasteiger partial charge in [0.1, 0.15) is 5.75 Å². The SMILES string of the molecule is Cc1ccc(-c2ccccc2)cc1.Cc1ccc2c(c1)-c1ccccc1C1(O2)c2ccccc2-c2ccccc21.Cc1cccc(-c2ccccc2)c1. The Morgan fingerprint density at radius 1 is 0.302 bits per heavy atom. The van der Waals surface area contributed by atoms with Crippen LogP contribution in [0.15, 0.2) is 200 Å². The van der Waals surface area contributed by atoms with Gasteiger partial charge in [0, 0.05) is 22.3 Å². The van der Waals surface area contributed by atoms with Gasteiger partial charge in [-0.25, -0.2) is 0 Å². The average molecular weight is 683 g/mol. The smallest absolute Gasteiger partial charge is 0.186 e. The Balaban J connectivity index is 0.000000129. The third-order valence-corrected chi connectivity index (χ3v) is 10.2. The molecule has 256 valence electrons.